The van der Waals surface area contributed by atoms with E-state index in [1.807, 2.05) is 18.2 Å². The van der Waals surface area contributed by atoms with E-state index in [1.165, 1.54) is 101 Å². The third-order valence-corrected chi connectivity index (χ3v) is 11.5. The molecule has 0 heterocycles. The first-order valence-electron chi connectivity index (χ1n) is 24.8. The molecule has 34 heteroatoms. The Morgan fingerprint density at radius 2 is 0.793 bits per heavy atom. The van der Waals surface area contributed by atoms with Gasteiger partial charge in [0.2, 0.25) is 0 Å². The summed E-state index contributed by atoms with van der Waals surface area (Å²) < 4.78 is 29.9. The van der Waals surface area contributed by atoms with Gasteiger partial charge in [-0.15, -0.1) is 0 Å². The molecule has 0 aromatic heterocycles. The fourth-order valence-corrected chi connectivity index (χ4v) is 7.20. The number of halogens is 6. The van der Waals surface area contributed by atoms with Gasteiger partial charge >= 0.3 is 82.9 Å². The molecule has 0 unspecified atom stereocenters. The van der Waals surface area contributed by atoms with Crippen molar-refractivity contribution in [3.8, 4) is 69.0 Å². The van der Waals surface area contributed by atoms with E-state index in [2.05, 4.69) is 6.79 Å². The molecule has 0 saturated carbocycles. The number of methoxy groups -OCH3 is 5. The quantitative estimate of drug-likeness (QED) is 0.00898. The van der Waals surface area contributed by atoms with E-state index in [9.17, 15) is 69.9 Å². The zero-order valence-electron chi connectivity index (χ0n) is 48.3. The van der Waals surface area contributed by atoms with Crippen LogP contribution in [0, 0.1) is 30.3 Å². The first-order valence-corrected chi connectivity index (χ1v) is 39.4. The third kappa shape index (κ3) is 25.0. The van der Waals surface area contributed by atoms with Crippen LogP contribution >= 0.6 is 58.9 Å². The van der Waals surface area contributed by atoms with Gasteiger partial charge in [-0.1, -0.05) is 0 Å². The van der Waals surface area contributed by atoms with E-state index >= 15 is 0 Å². The van der Waals surface area contributed by atoms with Gasteiger partial charge in [0.05, 0.1) is 114 Å². The first kappa shape index (κ1) is 79.1. The Morgan fingerprint density at radius 1 is 0.467 bits per heavy atom. The monoisotopic (exact) mass is 1480 g/mol. The van der Waals surface area contributed by atoms with Crippen LogP contribution in [0.5, 0.6) is 69.0 Å². The number of ether oxygens (including phenoxy) is 5. The number of ketones is 3. The van der Waals surface area contributed by atoms with E-state index < -0.39 is 72.9 Å². The Morgan fingerprint density at radius 3 is 1.16 bits per heavy atom. The molecule has 8 N–H and O–H groups in total. The number of rotatable bonds is 16. The van der Waals surface area contributed by atoms with Crippen molar-refractivity contribution in [3.63, 3.8) is 0 Å². The molecular formula is C58H50Cl6N4O22TiZn+. The number of benzene rings is 8. The summed E-state index contributed by atoms with van der Waals surface area (Å²) in [6.45, 7) is 3.28. The van der Waals surface area contributed by atoms with Crippen LogP contribution in [0.15, 0.2) is 152 Å². The van der Waals surface area contributed by atoms with Crippen LogP contribution in [-0.2, 0) is 34.3 Å². The first-order chi connectivity index (χ1) is 43.5. The van der Waals surface area contributed by atoms with Gasteiger partial charge in [-0.25, -0.2) is 4.42 Å². The maximum atomic E-state index is 12.7. The molecule has 0 aliphatic rings. The molecular weight excluding hydrogens is 1430 g/mol. The van der Waals surface area contributed by atoms with Crippen LogP contribution in [0.4, 0.5) is 22.7 Å². The molecule has 0 atom stereocenters. The Balaban J connectivity index is 0.000000389. The molecule has 0 fully saturated rings. The van der Waals surface area contributed by atoms with Crippen LogP contribution in [0.2, 0.25) is 0 Å². The molecule has 26 nitrogen and oxygen atoms in total. The van der Waals surface area contributed by atoms with Crippen molar-refractivity contribution >= 4 is 111 Å². The SMILES string of the molecule is C=[O+]c1cccc(OC)c1.COc1cc([N+](=O)[O-])ccc1C(=O)Cl.COc1ccc(C(=O)c2ccc([N+](=O)[O-])cc2OC)c(OC)c1.Nc1ccc(C(=O)c2ccc(O)cc2O)c(O)c1.O=C(c1ccc(O)cc1O)c1ccc([N+](=O)[O-])cc1O.[Cl][Ti]([Cl])[Cl].[Cl][Zn][Cl]. The number of nitrogen functional groups attached to an aromatic ring is 1. The minimum atomic E-state index is -1.92. The summed E-state index contributed by atoms with van der Waals surface area (Å²) in [6.07, 6.45) is 0. The van der Waals surface area contributed by atoms with Crippen molar-refractivity contribution in [2.75, 3.05) is 41.3 Å². The summed E-state index contributed by atoms with van der Waals surface area (Å²) in [7, 11) is 32.0. The van der Waals surface area contributed by atoms with Gasteiger partial charge in [-0.3, -0.25) is 49.5 Å². The number of hydrogen-bond donors (Lipinski definition) is 7. The van der Waals surface area contributed by atoms with Crippen LogP contribution < -0.4 is 29.4 Å². The number of nitro benzene ring substituents is 3. The maximum absolute atomic E-state index is 12.7. The Bertz CT molecular complexity index is 3870. The van der Waals surface area contributed by atoms with Crippen LogP contribution in [0.3, 0.4) is 0 Å². The molecule has 0 aliphatic carbocycles. The Labute approximate surface area is 560 Å². The van der Waals surface area contributed by atoms with Crippen molar-refractivity contribution in [2.24, 2.45) is 0 Å². The minimum absolute atomic E-state index is 0.00660. The molecule has 0 spiro atoms. The second kappa shape index (κ2) is 40.0. The molecule has 8 aromatic carbocycles. The van der Waals surface area contributed by atoms with E-state index in [0.717, 1.165) is 42.1 Å². The van der Waals surface area contributed by atoms with Gasteiger partial charge < -0.3 is 60.1 Å². The second-order valence-corrected chi connectivity index (χ2v) is 29.6. The predicted octanol–water partition coefficient (Wildman–Crippen LogP) is 13.6. The van der Waals surface area contributed by atoms with Crippen molar-refractivity contribution in [2.45, 2.75) is 0 Å². The predicted molar refractivity (Wildman–Crippen MR) is 335 cm³/mol. The zero-order chi connectivity index (χ0) is 69.5. The molecule has 92 heavy (non-hydrogen) atoms. The van der Waals surface area contributed by atoms with Crippen LogP contribution in [0.1, 0.15) is 58.1 Å². The number of nitrogens with two attached hydrogens (primary N) is 1. The number of nitro groups is 3. The number of phenolic OH excluding ortho intramolecular Hbond substituents is 6. The fourth-order valence-electron chi connectivity index (χ4n) is 7.04. The number of nitrogens with zero attached hydrogens (tertiary/aromatic N) is 3. The second-order valence-electron chi connectivity index (χ2n) is 16.9. The molecule has 0 aliphatic heterocycles. The van der Waals surface area contributed by atoms with Crippen molar-refractivity contribution in [3.05, 3.63) is 221 Å². The number of carbonyl (C=O) groups excluding carboxylic acids is 5. The third-order valence-electron chi connectivity index (χ3n) is 11.3. The normalized spacial score (nSPS) is 9.55. The molecule has 8 rings (SSSR count). The van der Waals surface area contributed by atoms with Crippen LogP contribution in [0.25, 0.3) is 0 Å². The standard InChI is InChI=1S/C16H15NO6.C13H9NO6.C13H11NO4.C8H6ClNO4.C8H9O2.5ClH.Ti.Zn/c1-21-11-5-7-13(15(9-11)23-3)16(18)12-6-4-10(17(19)20)8-14(12)22-2;15-8-2-4-10(12(17)6-8)13(18)9-3-1-7(14(19)20)5-11(9)16;14-7-1-3-9(11(16)5-7)13(18)10-4-2-8(15)6-12(10)17;1-14-7-4-5(10(12)13)2-3-6(7)8(9)11;1-9-7-4-3-5-8(6-7)10-2;;;;;;;/h4-9H,1-3H3;1-6,15-17H;1-6,15-17H,14H2;2-4H,1H3;3-6H,1H2,2H3;5*1H;;/q;;;;+1;;;;;;+3;+2/p-5. The van der Waals surface area contributed by atoms with Gasteiger partial charge in [0.25, 0.3) is 29.1 Å². The van der Waals surface area contributed by atoms with Gasteiger partial charge in [0.15, 0.2) is 17.3 Å². The zero-order valence-corrected chi connectivity index (χ0v) is 57.3. The average Bonchev–Trinajstić information content (AvgIpc) is 0.874. The Hall–Kier alpha value is -9.01. The van der Waals surface area contributed by atoms with Gasteiger partial charge in [-0.2, -0.15) is 0 Å². The number of phenols is 6. The molecule has 481 valence electrons. The van der Waals surface area contributed by atoms with Gasteiger partial charge in [0, 0.05) is 54.2 Å². The number of anilines is 1. The number of hydrogen-bond acceptors (Lipinski definition) is 22. The topological polar surface area (TPSA) is 403 Å². The summed E-state index contributed by atoms with van der Waals surface area (Å²) in [5.41, 5.74) is 5.48. The molecule has 0 bridgehead atoms. The van der Waals surface area contributed by atoms with Gasteiger partial charge in [0.1, 0.15) is 63.2 Å². The van der Waals surface area contributed by atoms with Crippen LogP contribution in [-0.4, -0.2) is 110 Å². The molecule has 0 amide bonds. The van der Waals surface area contributed by atoms with Crippen molar-refractivity contribution < 1.29 is 123 Å². The molecule has 0 radical (unpaired) electrons. The van der Waals surface area contributed by atoms with Crippen molar-refractivity contribution in [1.29, 1.82) is 0 Å². The fraction of sp³-hybridized carbons (Fsp3) is 0.0862. The average molecular weight is 1480 g/mol. The summed E-state index contributed by atoms with van der Waals surface area (Å²) in [5.74, 6) is -1.01. The van der Waals surface area contributed by atoms with E-state index in [1.54, 1.807) is 31.4 Å². The number of non-ortho nitro benzene ring substituents is 3. The summed E-state index contributed by atoms with van der Waals surface area (Å²) in [6, 6.07) is 33.6. The van der Waals surface area contributed by atoms with Crippen molar-refractivity contribution in [1.82, 2.24) is 0 Å². The summed E-state index contributed by atoms with van der Waals surface area (Å²) >= 11 is 2.38. The Kier molecular flexibility index (Phi) is 34.4. The number of carbonyl (C=O) groups is 4. The van der Waals surface area contributed by atoms with E-state index in [0.29, 0.717) is 28.5 Å². The molecule has 8 aromatic rings. The van der Waals surface area contributed by atoms with Gasteiger partial charge in [-0.05, 0) is 90.5 Å². The summed E-state index contributed by atoms with van der Waals surface area (Å²) in [4.78, 5) is 77.6. The summed E-state index contributed by atoms with van der Waals surface area (Å²) in [5, 5.41) is 87.8. The molecule has 0 saturated heterocycles. The van der Waals surface area contributed by atoms with E-state index in [4.69, 9.17) is 103 Å². The van der Waals surface area contributed by atoms with E-state index in [-0.39, 0.29) is 90.7 Å². The number of aromatic hydroxyl groups is 6.